The van der Waals surface area contributed by atoms with Crippen molar-refractivity contribution in [3.8, 4) is 0 Å². The van der Waals surface area contributed by atoms with Gasteiger partial charge in [0.25, 0.3) is 0 Å². The molecule has 0 aliphatic carbocycles. The van der Waals surface area contributed by atoms with E-state index in [0.29, 0.717) is 12.5 Å². The lowest BCUT2D eigenvalue weighted by Crippen LogP contribution is -2.42. The van der Waals surface area contributed by atoms with E-state index in [4.69, 9.17) is 5.73 Å². The number of piperidine rings is 1. The van der Waals surface area contributed by atoms with Crippen LogP contribution in [0, 0.1) is 5.92 Å². The van der Waals surface area contributed by atoms with E-state index in [9.17, 15) is 0 Å². The zero-order chi connectivity index (χ0) is 16.8. The summed E-state index contributed by atoms with van der Waals surface area (Å²) in [5, 5.41) is 0. The molecule has 2 heterocycles. The second-order valence-corrected chi connectivity index (χ2v) is 8.28. The molecule has 2 saturated heterocycles. The SMILES string of the molecule is CC1CCN(Cc2cccc(CN=C(N)N3CCSCC3)c2)CC1. The molecule has 0 amide bonds. The number of hydrogen-bond acceptors (Lipinski definition) is 3. The fraction of sp³-hybridized carbons (Fsp3) is 0.632. The Morgan fingerprint density at radius 1 is 1.17 bits per heavy atom. The average Bonchev–Trinajstić information content (AvgIpc) is 2.63. The van der Waals surface area contributed by atoms with E-state index in [-0.39, 0.29) is 0 Å². The van der Waals surface area contributed by atoms with Crippen molar-refractivity contribution in [2.45, 2.75) is 32.9 Å². The van der Waals surface area contributed by atoms with Crippen LogP contribution in [0.25, 0.3) is 0 Å². The highest BCUT2D eigenvalue weighted by atomic mass is 32.2. The molecule has 0 saturated carbocycles. The summed E-state index contributed by atoms with van der Waals surface area (Å²) in [6.45, 7) is 8.60. The summed E-state index contributed by atoms with van der Waals surface area (Å²) in [5.74, 6) is 3.89. The number of nitrogens with two attached hydrogens (primary N) is 1. The lowest BCUT2D eigenvalue weighted by molar-refractivity contribution is 0.185. The van der Waals surface area contributed by atoms with E-state index in [1.807, 2.05) is 11.8 Å². The molecule has 4 nitrogen and oxygen atoms in total. The number of guanidine groups is 1. The van der Waals surface area contributed by atoms with Crippen LogP contribution in [0.15, 0.2) is 29.3 Å². The van der Waals surface area contributed by atoms with E-state index in [1.165, 1.54) is 37.1 Å². The normalized spacial score (nSPS) is 21.2. The minimum atomic E-state index is 0.681. The molecule has 0 unspecified atom stereocenters. The van der Waals surface area contributed by atoms with Crippen molar-refractivity contribution in [3.63, 3.8) is 0 Å². The first kappa shape index (κ1) is 17.6. The molecular weight excluding hydrogens is 316 g/mol. The number of nitrogens with zero attached hydrogens (tertiary/aromatic N) is 3. The maximum Gasteiger partial charge on any atom is 0.191 e. The van der Waals surface area contributed by atoms with Crippen LogP contribution in [0.3, 0.4) is 0 Å². The number of likely N-dealkylation sites (tertiary alicyclic amines) is 1. The van der Waals surface area contributed by atoms with Gasteiger partial charge in [0.05, 0.1) is 6.54 Å². The van der Waals surface area contributed by atoms with Crippen LogP contribution in [-0.4, -0.2) is 53.4 Å². The smallest absolute Gasteiger partial charge is 0.191 e. The van der Waals surface area contributed by atoms with E-state index in [0.717, 1.165) is 37.1 Å². The van der Waals surface area contributed by atoms with Gasteiger partial charge >= 0.3 is 0 Å². The topological polar surface area (TPSA) is 44.9 Å². The third kappa shape index (κ3) is 5.15. The van der Waals surface area contributed by atoms with Gasteiger partial charge in [-0.05, 0) is 43.0 Å². The Labute approximate surface area is 150 Å². The molecule has 1 aromatic carbocycles. The van der Waals surface area contributed by atoms with Gasteiger partial charge in [-0.25, -0.2) is 4.99 Å². The molecule has 3 rings (SSSR count). The molecule has 0 bridgehead atoms. The first-order chi connectivity index (χ1) is 11.7. The fourth-order valence-electron chi connectivity index (χ4n) is 3.37. The van der Waals surface area contributed by atoms with Crippen molar-refractivity contribution in [1.29, 1.82) is 0 Å². The Morgan fingerprint density at radius 3 is 2.62 bits per heavy atom. The molecule has 5 heteroatoms. The van der Waals surface area contributed by atoms with Gasteiger partial charge in [-0.2, -0.15) is 11.8 Å². The van der Waals surface area contributed by atoms with Crippen molar-refractivity contribution in [2.75, 3.05) is 37.7 Å². The zero-order valence-electron chi connectivity index (χ0n) is 14.8. The van der Waals surface area contributed by atoms with Gasteiger partial charge in [0.1, 0.15) is 0 Å². The van der Waals surface area contributed by atoms with Gasteiger partial charge in [0, 0.05) is 31.1 Å². The van der Waals surface area contributed by atoms with Crippen LogP contribution in [-0.2, 0) is 13.1 Å². The zero-order valence-corrected chi connectivity index (χ0v) is 15.6. The molecule has 0 aromatic heterocycles. The number of aliphatic imine (C=N–C) groups is 1. The molecule has 2 N–H and O–H groups in total. The quantitative estimate of drug-likeness (QED) is 0.673. The molecule has 2 aliphatic heterocycles. The molecule has 0 spiro atoms. The second-order valence-electron chi connectivity index (χ2n) is 7.05. The predicted molar refractivity (Wildman–Crippen MR) is 104 cm³/mol. The van der Waals surface area contributed by atoms with Crippen LogP contribution in [0.4, 0.5) is 0 Å². The Morgan fingerprint density at radius 2 is 1.88 bits per heavy atom. The minimum Gasteiger partial charge on any atom is -0.370 e. The first-order valence-corrected chi connectivity index (χ1v) is 10.3. The minimum absolute atomic E-state index is 0.681. The summed E-state index contributed by atoms with van der Waals surface area (Å²) in [7, 11) is 0. The fourth-order valence-corrected chi connectivity index (χ4v) is 4.27. The maximum atomic E-state index is 6.16. The van der Waals surface area contributed by atoms with Gasteiger partial charge < -0.3 is 10.6 Å². The lowest BCUT2D eigenvalue weighted by atomic mass is 9.98. The summed E-state index contributed by atoms with van der Waals surface area (Å²) in [6.07, 6.45) is 2.66. The molecule has 2 fully saturated rings. The number of benzene rings is 1. The van der Waals surface area contributed by atoms with Gasteiger partial charge in [0.2, 0.25) is 0 Å². The highest BCUT2D eigenvalue weighted by molar-refractivity contribution is 7.99. The van der Waals surface area contributed by atoms with Crippen molar-refractivity contribution in [3.05, 3.63) is 35.4 Å². The molecule has 24 heavy (non-hydrogen) atoms. The molecule has 1 aromatic rings. The average molecular weight is 347 g/mol. The Balaban J connectivity index is 1.54. The Kier molecular flexibility index (Phi) is 6.44. The number of rotatable bonds is 4. The molecule has 0 atom stereocenters. The second kappa shape index (κ2) is 8.77. The number of thioether (sulfide) groups is 1. The van der Waals surface area contributed by atoms with Crippen molar-refractivity contribution >= 4 is 17.7 Å². The summed E-state index contributed by atoms with van der Waals surface area (Å²) >= 11 is 1.99. The highest BCUT2D eigenvalue weighted by Gasteiger charge is 2.16. The van der Waals surface area contributed by atoms with Gasteiger partial charge in [-0.3, -0.25) is 4.90 Å². The summed E-state index contributed by atoms with van der Waals surface area (Å²) < 4.78 is 0. The standard InChI is InChI=1S/C19H30N4S/c1-16-5-7-22(8-6-16)15-18-4-2-3-17(13-18)14-21-19(20)23-9-11-24-12-10-23/h2-4,13,16H,5-12,14-15H2,1H3,(H2,20,21). The maximum absolute atomic E-state index is 6.16. The van der Waals surface area contributed by atoms with Crippen LogP contribution in [0.5, 0.6) is 0 Å². The van der Waals surface area contributed by atoms with E-state index >= 15 is 0 Å². The first-order valence-electron chi connectivity index (χ1n) is 9.13. The van der Waals surface area contributed by atoms with Crippen molar-refractivity contribution < 1.29 is 0 Å². The van der Waals surface area contributed by atoms with Crippen LogP contribution in [0.2, 0.25) is 0 Å². The molecular formula is C19H30N4S. The third-order valence-corrected chi connectivity index (χ3v) is 5.98. The van der Waals surface area contributed by atoms with E-state index in [2.05, 4.69) is 46.0 Å². The Bertz CT molecular complexity index is 546. The Hall–Kier alpha value is -1.20. The van der Waals surface area contributed by atoms with Gasteiger partial charge in [-0.15, -0.1) is 0 Å². The molecule has 2 aliphatic rings. The monoisotopic (exact) mass is 346 g/mol. The molecule has 0 radical (unpaired) electrons. The third-order valence-electron chi connectivity index (χ3n) is 5.03. The summed E-state index contributed by atoms with van der Waals surface area (Å²) in [5.41, 5.74) is 8.81. The van der Waals surface area contributed by atoms with Crippen LogP contribution in [0.1, 0.15) is 30.9 Å². The van der Waals surface area contributed by atoms with Gasteiger partial charge in [0.15, 0.2) is 5.96 Å². The van der Waals surface area contributed by atoms with Crippen LogP contribution >= 0.6 is 11.8 Å². The van der Waals surface area contributed by atoms with Crippen LogP contribution < -0.4 is 5.73 Å². The predicted octanol–water partition coefficient (Wildman–Crippen LogP) is 2.78. The van der Waals surface area contributed by atoms with E-state index in [1.54, 1.807) is 0 Å². The molecule has 132 valence electrons. The van der Waals surface area contributed by atoms with Crippen molar-refractivity contribution in [1.82, 2.24) is 9.80 Å². The van der Waals surface area contributed by atoms with Gasteiger partial charge in [-0.1, -0.05) is 31.2 Å². The lowest BCUT2D eigenvalue weighted by Gasteiger charge is -2.30. The summed E-state index contributed by atoms with van der Waals surface area (Å²) in [4.78, 5) is 9.39. The van der Waals surface area contributed by atoms with Crippen molar-refractivity contribution in [2.24, 2.45) is 16.6 Å². The summed E-state index contributed by atoms with van der Waals surface area (Å²) in [6, 6.07) is 8.84. The van der Waals surface area contributed by atoms with E-state index < -0.39 is 0 Å². The number of hydrogen-bond donors (Lipinski definition) is 1. The highest BCUT2D eigenvalue weighted by Crippen LogP contribution is 2.18. The largest absolute Gasteiger partial charge is 0.370 e.